The van der Waals surface area contributed by atoms with E-state index in [9.17, 15) is 14.3 Å². The first kappa shape index (κ1) is 11.1. The van der Waals surface area contributed by atoms with E-state index in [1.165, 1.54) is 17.1 Å². The predicted octanol–water partition coefficient (Wildman–Crippen LogP) is 0.912. The summed E-state index contributed by atoms with van der Waals surface area (Å²) in [6.07, 6.45) is 1.28. The number of nitrogens with one attached hydrogen (secondary N) is 1. The van der Waals surface area contributed by atoms with Gasteiger partial charge in [0.25, 0.3) is 5.91 Å². The molecule has 0 aliphatic carbocycles. The minimum absolute atomic E-state index is 0.0330. The first-order chi connectivity index (χ1) is 8.08. The van der Waals surface area contributed by atoms with Gasteiger partial charge >= 0.3 is 0 Å². The summed E-state index contributed by atoms with van der Waals surface area (Å²) in [5.41, 5.74) is -0.0330. The van der Waals surface area contributed by atoms with Gasteiger partial charge in [-0.25, -0.2) is 9.07 Å². The lowest BCUT2D eigenvalue weighted by atomic mass is 10.2. The number of aryl methyl sites for hydroxylation is 1. The van der Waals surface area contributed by atoms with Crippen molar-refractivity contribution in [2.45, 2.75) is 0 Å². The van der Waals surface area contributed by atoms with Crippen molar-refractivity contribution in [1.82, 2.24) is 14.8 Å². The molecule has 0 saturated carbocycles. The van der Waals surface area contributed by atoms with Crippen LogP contribution in [0.5, 0.6) is 5.75 Å². The summed E-state index contributed by atoms with van der Waals surface area (Å²) in [6, 6.07) is 3.15. The van der Waals surface area contributed by atoms with Crippen molar-refractivity contribution in [3.8, 4) is 5.75 Å². The van der Waals surface area contributed by atoms with Crippen molar-refractivity contribution in [3.63, 3.8) is 0 Å². The zero-order valence-electron chi connectivity index (χ0n) is 8.88. The SMILES string of the molecule is Cn1ncnc1NC(=O)c1ccc(F)cc1O. The molecule has 1 aromatic heterocycles. The summed E-state index contributed by atoms with van der Waals surface area (Å²) in [4.78, 5) is 15.5. The molecule has 2 N–H and O–H groups in total. The van der Waals surface area contributed by atoms with E-state index in [1.807, 2.05) is 0 Å². The van der Waals surface area contributed by atoms with Gasteiger partial charge in [0, 0.05) is 13.1 Å². The molecule has 0 saturated heterocycles. The van der Waals surface area contributed by atoms with E-state index in [0.717, 1.165) is 12.1 Å². The normalized spacial score (nSPS) is 10.2. The molecule has 0 atom stereocenters. The number of carbonyl (C=O) groups excluding carboxylic acids is 1. The zero-order chi connectivity index (χ0) is 12.4. The van der Waals surface area contributed by atoms with Crippen LogP contribution in [0.15, 0.2) is 24.5 Å². The number of phenolic OH excluding ortho intramolecular Hbond substituents is 1. The van der Waals surface area contributed by atoms with Crippen LogP contribution < -0.4 is 5.32 Å². The summed E-state index contributed by atoms with van der Waals surface area (Å²) in [6.45, 7) is 0. The van der Waals surface area contributed by atoms with E-state index in [1.54, 1.807) is 7.05 Å². The Bertz CT molecular complexity index is 567. The van der Waals surface area contributed by atoms with Crippen molar-refractivity contribution in [2.75, 3.05) is 5.32 Å². The van der Waals surface area contributed by atoms with E-state index in [2.05, 4.69) is 15.4 Å². The zero-order valence-corrected chi connectivity index (χ0v) is 8.88. The number of aromatic hydroxyl groups is 1. The fourth-order valence-electron chi connectivity index (χ4n) is 1.28. The minimum atomic E-state index is -0.613. The second-order valence-electron chi connectivity index (χ2n) is 3.32. The van der Waals surface area contributed by atoms with Gasteiger partial charge in [0.2, 0.25) is 5.95 Å². The summed E-state index contributed by atoms with van der Waals surface area (Å²) in [7, 11) is 1.60. The fraction of sp³-hybridized carbons (Fsp3) is 0.100. The molecule has 2 rings (SSSR count). The Morgan fingerprint density at radius 3 is 2.88 bits per heavy atom. The fourth-order valence-corrected chi connectivity index (χ4v) is 1.28. The van der Waals surface area contributed by atoms with Crippen LogP contribution in [0.2, 0.25) is 0 Å². The largest absolute Gasteiger partial charge is 0.507 e. The molecule has 0 fully saturated rings. The van der Waals surface area contributed by atoms with Gasteiger partial charge in [-0.05, 0) is 12.1 Å². The number of amides is 1. The Balaban J connectivity index is 2.23. The summed E-state index contributed by atoms with van der Waals surface area (Å²) in [5.74, 6) is -1.39. The lowest BCUT2D eigenvalue weighted by molar-refractivity contribution is 0.102. The third-order valence-corrected chi connectivity index (χ3v) is 2.14. The quantitative estimate of drug-likeness (QED) is 0.812. The number of rotatable bonds is 2. The Kier molecular flexibility index (Phi) is 2.73. The van der Waals surface area contributed by atoms with Gasteiger partial charge in [-0.15, -0.1) is 0 Å². The summed E-state index contributed by atoms with van der Waals surface area (Å²) < 4.78 is 14.1. The summed E-state index contributed by atoms with van der Waals surface area (Å²) in [5, 5.41) is 15.6. The second-order valence-corrected chi connectivity index (χ2v) is 3.32. The number of halogens is 1. The lowest BCUT2D eigenvalue weighted by Crippen LogP contribution is -2.15. The van der Waals surface area contributed by atoms with E-state index < -0.39 is 17.5 Å². The van der Waals surface area contributed by atoms with Crippen LogP contribution in [0, 0.1) is 5.82 Å². The number of nitrogens with zero attached hydrogens (tertiary/aromatic N) is 3. The number of aromatic nitrogens is 3. The van der Waals surface area contributed by atoms with Crippen molar-refractivity contribution >= 4 is 11.9 Å². The first-order valence-electron chi connectivity index (χ1n) is 4.72. The third kappa shape index (κ3) is 2.22. The molecule has 6 nitrogen and oxygen atoms in total. The van der Waals surface area contributed by atoms with E-state index in [-0.39, 0.29) is 11.5 Å². The smallest absolute Gasteiger partial charge is 0.261 e. The Labute approximate surface area is 95.7 Å². The number of phenols is 1. The maximum Gasteiger partial charge on any atom is 0.261 e. The van der Waals surface area contributed by atoms with Gasteiger partial charge < -0.3 is 5.11 Å². The van der Waals surface area contributed by atoms with Crippen LogP contribution >= 0.6 is 0 Å². The maximum absolute atomic E-state index is 12.7. The molecule has 0 bridgehead atoms. The molecule has 0 radical (unpaired) electrons. The third-order valence-electron chi connectivity index (χ3n) is 2.14. The molecule has 2 aromatic rings. The van der Waals surface area contributed by atoms with Crippen molar-refractivity contribution in [3.05, 3.63) is 35.9 Å². The van der Waals surface area contributed by atoms with Gasteiger partial charge in [-0.1, -0.05) is 0 Å². The number of anilines is 1. The molecule has 1 aromatic carbocycles. The van der Waals surface area contributed by atoms with Gasteiger partial charge in [0.05, 0.1) is 5.56 Å². The molecule has 0 aliphatic heterocycles. The molecule has 0 unspecified atom stereocenters. The van der Waals surface area contributed by atoms with Crippen LogP contribution in [-0.4, -0.2) is 25.8 Å². The summed E-state index contributed by atoms with van der Waals surface area (Å²) >= 11 is 0. The van der Waals surface area contributed by atoms with Gasteiger partial charge in [0.15, 0.2) is 0 Å². The Morgan fingerprint density at radius 1 is 1.53 bits per heavy atom. The lowest BCUT2D eigenvalue weighted by Gasteiger charge is -2.05. The molecule has 0 aliphatic rings. The van der Waals surface area contributed by atoms with E-state index in [4.69, 9.17) is 0 Å². The molecular formula is C10H9FN4O2. The highest BCUT2D eigenvalue weighted by Crippen LogP contribution is 2.18. The molecule has 17 heavy (non-hydrogen) atoms. The van der Waals surface area contributed by atoms with Crippen molar-refractivity contribution < 1.29 is 14.3 Å². The Hall–Kier alpha value is -2.44. The monoisotopic (exact) mass is 236 g/mol. The molecule has 1 heterocycles. The second kappa shape index (κ2) is 4.20. The van der Waals surface area contributed by atoms with E-state index >= 15 is 0 Å². The van der Waals surface area contributed by atoms with Crippen LogP contribution in [0.1, 0.15) is 10.4 Å². The van der Waals surface area contributed by atoms with Crippen LogP contribution in [0.25, 0.3) is 0 Å². The number of benzene rings is 1. The van der Waals surface area contributed by atoms with Crippen molar-refractivity contribution in [2.24, 2.45) is 7.05 Å². The van der Waals surface area contributed by atoms with Crippen LogP contribution in [-0.2, 0) is 7.05 Å². The Morgan fingerprint density at radius 2 is 2.29 bits per heavy atom. The topological polar surface area (TPSA) is 80.0 Å². The first-order valence-corrected chi connectivity index (χ1v) is 4.72. The van der Waals surface area contributed by atoms with E-state index in [0.29, 0.717) is 0 Å². The predicted molar refractivity (Wildman–Crippen MR) is 57.0 cm³/mol. The average molecular weight is 236 g/mol. The van der Waals surface area contributed by atoms with Crippen molar-refractivity contribution in [1.29, 1.82) is 0 Å². The molecule has 7 heteroatoms. The molecule has 88 valence electrons. The molecule has 1 amide bonds. The number of hydrogen-bond donors (Lipinski definition) is 2. The highest BCUT2D eigenvalue weighted by Gasteiger charge is 2.13. The maximum atomic E-state index is 12.7. The van der Waals surface area contributed by atoms with Gasteiger partial charge in [-0.2, -0.15) is 10.1 Å². The van der Waals surface area contributed by atoms with Gasteiger partial charge in [0.1, 0.15) is 17.9 Å². The average Bonchev–Trinajstić information content (AvgIpc) is 2.64. The van der Waals surface area contributed by atoms with Crippen LogP contribution in [0.3, 0.4) is 0 Å². The molecular weight excluding hydrogens is 227 g/mol. The minimum Gasteiger partial charge on any atom is -0.507 e. The molecule has 0 spiro atoms. The number of hydrogen-bond acceptors (Lipinski definition) is 4. The standard InChI is InChI=1S/C10H9FN4O2/c1-15-10(12-5-13-15)14-9(17)7-3-2-6(11)4-8(7)16/h2-5,16H,1H3,(H,12,13,14,17). The van der Waals surface area contributed by atoms with Crippen LogP contribution in [0.4, 0.5) is 10.3 Å². The van der Waals surface area contributed by atoms with Gasteiger partial charge in [-0.3, -0.25) is 10.1 Å². The number of carbonyl (C=O) groups is 1. The highest BCUT2D eigenvalue weighted by atomic mass is 19.1. The highest BCUT2D eigenvalue weighted by molar-refractivity contribution is 6.05.